The van der Waals surface area contributed by atoms with Crippen LogP contribution >= 0.6 is 22.6 Å². The van der Waals surface area contributed by atoms with Crippen LogP contribution in [0.15, 0.2) is 40.4 Å². The van der Waals surface area contributed by atoms with Crippen LogP contribution in [0.3, 0.4) is 0 Å². The first-order chi connectivity index (χ1) is 8.25. The topological polar surface area (TPSA) is 83.0 Å². The molecule has 1 aromatic heterocycles. The highest BCUT2D eigenvalue weighted by Crippen LogP contribution is 2.08. The summed E-state index contributed by atoms with van der Waals surface area (Å²) in [5, 5.41) is 9.75. The van der Waals surface area contributed by atoms with E-state index in [9.17, 15) is 4.79 Å². The van der Waals surface area contributed by atoms with Crippen LogP contribution in [-0.2, 0) is 0 Å². The smallest absolute Gasteiger partial charge is 0.260 e. The van der Waals surface area contributed by atoms with Gasteiger partial charge in [0.2, 0.25) is 0 Å². The number of halogens is 1. The van der Waals surface area contributed by atoms with Crippen molar-refractivity contribution in [3.63, 3.8) is 0 Å². The Labute approximate surface area is 110 Å². The van der Waals surface area contributed by atoms with Crippen molar-refractivity contribution in [2.24, 2.45) is 5.10 Å². The number of aromatic nitrogens is 3. The van der Waals surface area contributed by atoms with Crippen LogP contribution in [0.25, 0.3) is 0 Å². The SMILES string of the molecule is O=c1nc(N/N=C\c2ccccc2I)cn[nH]1. The van der Waals surface area contributed by atoms with E-state index in [1.165, 1.54) is 6.20 Å². The van der Waals surface area contributed by atoms with E-state index in [2.05, 4.69) is 48.3 Å². The van der Waals surface area contributed by atoms with Gasteiger partial charge in [0.05, 0.1) is 12.4 Å². The molecule has 0 fully saturated rings. The van der Waals surface area contributed by atoms with Crippen LogP contribution in [0.4, 0.5) is 5.82 Å². The maximum atomic E-state index is 10.9. The van der Waals surface area contributed by atoms with E-state index in [4.69, 9.17) is 0 Å². The first kappa shape index (κ1) is 11.7. The number of rotatable bonds is 3. The Morgan fingerprint density at radius 3 is 3.00 bits per heavy atom. The van der Waals surface area contributed by atoms with Crippen molar-refractivity contribution >= 4 is 34.6 Å². The molecule has 0 spiro atoms. The Morgan fingerprint density at radius 2 is 2.24 bits per heavy atom. The minimum absolute atomic E-state index is 0.302. The van der Waals surface area contributed by atoms with Gasteiger partial charge in [-0.15, -0.1) is 0 Å². The van der Waals surface area contributed by atoms with Crippen molar-refractivity contribution in [1.29, 1.82) is 0 Å². The molecule has 86 valence electrons. The molecule has 1 aromatic carbocycles. The summed E-state index contributed by atoms with van der Waals surface area (Å²) in [6.07, 6.45) is 3.04. The summed E-state index contributed by atoms with van der Waals surface area (Å²) < 4.78 is 1.09. The molecular formula is C10H8IN5O. The Morgan fingerprint density at radius 1 is 1.41 bits per heavy atom. The molecule has 2 N–H and O–H groups in total. The molecule has 0 saturated carbocycles. The first-order valence-electron chi connectivity index (χ1n) is 4.71. The molecule has 17 heavy (non-hydrogen) atoms. The summed E-state index contributed by atoms with van der Waals surface area (Å²) >= 11 is 2.22. The standard InChI is InChI=1S/C10H8IN5O/c11-8-4-2-1-3-7(8)5-12-15-9-6-13-16-10(17)14-9/h1-6H,(H2,14,15,16,17)/b12-5-. The third-order valence-corrected chi connectivity index (χ3v) is 2.84. The van der Waals surface area contributed by atoms with Gasteiger partial charge in [-0.05, 0) is 28.7 Å². The summed E-state index contributed by atoms with van der Waals surface area (Å²) in [4.78, 5) is 14.5. The summed E-state index contributed by atoms with van der Waals surface area (Å²) in [5.74, 6) is 0.302. The van der Waals surface area contributed by atoms with Crippen LogP contribution in [0.2, 0.25) is 0 Å². The zero-order valence-corrected chi connectivity index (χ0v) is 10.7. The van der Waals surface area contributed by atoms with Crippen LogP contribution in [0.5, 0.6) is 0 Å². The van der Waals surface area contributed by atoms with Crippen LogP contribution in [0.1, 0.15) is 5.56 Å². The predicted molar refractivity (Wildman–Crippen MR) is 73.0 cm³/mol. The van der Waals surface area contributed by atoms with Crippen LogP contribution in [-0.4, -0.2) is 21.4 Å². The molecule has 7 heteroatoms. The summed E-state index contributed by atoms with van der Waals surface area (Å²) in [7, 11) is 0. The van der Waals surface area contributed by atoms with Crippen molar-refractivity contribution in [2.45, 2.75) is 0 Å². The summed E-state index contributed by atoms with van der Waals surface area (Å²) in [6, 6.07) is 7.80. The van der Waals surface area contributed by atoms with Gasteiger partial charge in [0.25, 0.3) is 0 Å². The van der Waals surface area contributed by atoms with E-state index in [0.29, 0.717) is 5.82 Å². The van der Waals surface area contributed by atoms with Gasteiger partial charge >= 0.3 is 5.69 Å². The van der Waals surface area contributed by atoms with Crippen molar-refractivity contribution in [3.8, 4) is 0 Å². The second-order valence-electron chi connectivity index (χ2n) is 3.06. The maximum Gasteiger partial charge on any atom is 0.363 e. The zero-order chi connectivity index (χ0) is 12.1. The monoisotopic (exact) mass is 341 g/mol. The van der Waals surface area contributed by atoms with E-state index in [0.717, 1.165) is 9.13 Å². The average Bonchev–Trinajstić information content (AvgIpc) is 2.32. The Balaban J connectivity index is 2.08. The highest BCUT2D eigenvalue weighted by Gasteiger charge is 1.94. The normalized spacial score (nSPS) is 10.6. The van der Waals surface area contributed by atoms with E-state index < -0.39 is 5.69 Å². The number of anilines is 1. The average molecular weight is 341 g/mol. The fourth-order valence-electron chi connectivity index (χ4n) is 1.11. The molecule has 2 rings (SSSR count). The zero-order valence-electron chi connectivity index (χ0n) is 8.59. The molecule has 0 amide bonds. The minimum Gasteiger partial charge on any atom is -0.260 e. The molecular weight excluding hydrogens is 333 g/mol. The lowest BCUT2D eigenvalue weighted by Gasteiger charge is -1.98. The lowest BCUT2D eigenvalue weighted by molar-refractivity contribution is 0.913. The fourth-order valence-corrected chi connectivity index (χ4v) is 1.64. The number of nitrogens with zero attached hydrogens (tertiary/aromatic N) is 3. The molecule has 0 atom stereocenters. The van der Waals surface area contributed by atoms with Crippen molar-refractivity contribution in [1.82, 2.24) is 15.2 Å². The van der Waals surface area contributed by atoms with E-state index in [-0.39, 0.29) is 0 Å². The molecule has 1 heterocycles. The number of hydrazone groups is 1. The third kappa shape index (κ3) is 3.34. The predicted octanol–water partition coefficient (Wildman–Crippen LogP) is 1.22. The fraction of sp³-hybridized carbons (Fsp3) is 0. The third-order valence-electron chi connectivity index (χ3n) is 1.86. The quantitative estimate of drug-likeness (QED) is 0.500. The number of hydrogen-bond acceptors (Lipinski definition) is 5. The molecule has 2 aromatic rings. The first-order valence-corrected chi connectivity index (χ1v) is 5.79. The molecule has 0 saturated heterocycles. The molecule has 0 unspecified atom stereocenters. The van der Waals surface area contributed by atoms with Gasteiger partial charge in [-0.2, -0.15) is 15.2 Å². The van der Waals surface area contributed by atoms with Gasteiger partial charge in [0.1, 0.15) is 0 Å². The molecule has 0 aliphatic rings. The highest BCUT2D eigenvalue weighted by molar-refractivity contribution is 14.1. The van der Waals surface area contributed by atoms with Gasteiger partial charge in [0.15, 0.2) is 5.82 Å². The van der Waals surface area contributed by atoms with Gasteiger partial charge < -0.3 is 0 Å². The lowest BCUT2D eigenvalue weighted by Crippen LogP contribution is -2.13. The maximum absolute atomic E-state index is 10.9. The molecule has 0 radical (unpaired) electrons. The summed E-state index contributed by atoms with van der Waals surface area (Å²) in [6.45, 7) is 0. The van der Waals surface area contributed by atoms with Gasteiger partial charge in [-0.3, -0.25) is 5.43 Å². The van der Waals surface area contributed by atoms with E-state index >= 15 is 0 Å². The van der Waals surface area contributed by atoms with Gasteiger partial charge in [-0.25, -0.2) is 9.89 Å². The van der Waals surface area contributed by atoms with Crippen molar-refractivity contribution in [3.05, 3.63) is 50.1 Å². The number of aromatic amines is 1. The highest BCUT2D eigenvalue weighted by atomic mass is 127. The van der Waals surface area contributed by atoms with E-state index in [1.54, 1.807) is 6.21 Å². The van der Waals surface area contributed by atoms with Crippen molar-refractivity contribution in [2.75, 3.05) is 5.43 Å². The molecule has 0 bridgehead atoms. The van der Waals surface area contributed by atoms with Crippen molar-refractivity contribution < 1.29 is 0 Å². The second-order valence-corrected chi connectivity index (χ2v) is 4.23. The van der Waals surface area contributed by atoms with Gasteiger partial charge in [-0.1, -0.05) is 18.2 Å². The number of nitrogens with one attached hydrogen (secondary N) is 2. The van der Waals surface area contributed by atoms with Crippen LogP contribution in [0, 0.1) is 3.57 Å². The number of hydrogen-bond donors (Lipinski definition) is 2. The van der Waals surface area contributed by atoms with Crippen LogP contribution < -0.4 is 11.1 Å². The molecule has 6 nitrogen and oxygen atoms in total. The van der Waals surface area contributed by atoms with Gasteiger partial charge in [0, 0.05) is 9.13 Å². The Bertz CT molecular complexity index is 595. The Kier molecular flexibility index (Phi) is 3.81. The largest absolute Gasteiger partial charge is 0.363 e. The molecule has 0 aliphatic carbocycles. The number of H-pyrrole nitrogens is 1. The van der Waals surface area contributed by atoms with E-state index in [1.807, 2.05) is 24.3 Å². The number of benzene rings is 1. The molecule has 0 aliphatic heterocycles. The lowest BCUT2D eigenvalue weighted by atomic mass is 10.2. The second kappa shape index (κ2) is 5.53. The summed E-state index contributed by atoms with van der Waals surface area (Å²) in [5.41, 5.74) is 3.10. The Hall–Kier alpha value is -1.77. The minimum atomic E-state index is -0.514.